The van der Waals surface area contributed by atoms with Crippen molar-refractivity contribution in [3.63, 3.8) is 0 Å². The van der Waals surface area contributed by atoms with E-state index in [4.69, 9.17) is 0 Å². The molecule has 3 aromatic rings. The molecule has 0 bridgehead atoms. The molecule has 1 fully saturated rings. The minimum Gasteiger partial charge on any atom is -0.349 e. The van der Waals surface area contributed by atoms with E-state index in [0.29, 0.717) is 0 Å². The maximum atomic E-state index is 13.0. The van der Waals surface area contributed by atoms with E-state index >= 15 is 0 Å². The van der Waals surface area contributed by atoms with E-state index in [-0.39, 0.29) is 17.9 Å². The van der Waals surface area contributed by atoms with Gasteiger partial charge in [0.15, 0.2) is 0 Å². The largest absolute Gasteiger partial charge is 0.349 e. The molecule has 5 rings (SSSR count). The van der Waals surface area contributed by atoms with Crippen LogP contribution in [0.5, 0.6) is 0 Å². The summed E-state index contributed by atoms with van der Waals surface area (Å²) in [5.41, 5.74) is 5.45. The van der Waals surface area contributed by atoms with Crippen molar-refractivity contribution in [1.82, 2.24) is 14.8 Å². The van der Waals surface area contributed by atoms with Crippen LogP contribution < -0.4 is 5.32 Å². The Labute approximate surface area is 185 Å². The summed E-state index contributed by atoms with van der Waals surface area (Å²) in [6.07, 6.45) is 7.56. The molecular formula is C27H33N3O. The average molecular weight is 416 g/mol. The molecule has 1 aliphatic carbocycles. The minimum atomic E-state index is 0.141. The van der Waals surface area contributed by atoms with Gasteiger partial charge in [-0.15, -0.1) is 0 Å². The van der Waals surface area contributed by atoms with E-state index in [0.717, 1.165) is 58.3 Å². The van der Waals surface area contributed by atoms with Crippen LogP contribution in [0.3, 0.4) is 0 Å². The van der Waals surface area contributed by atoms with Crippen LogP contribution in [0.2, 0.25) is 0 Å². The van der Waals surface area contributed by atoms with E-state index in [2.05, 4.69) is 76.4 Å². The van der Waals surface area contributed by atoms with Gasteiger partial charge in [0.1, 0.15) is 0 Å². The number of likely N-dealkylation sites (tertiary alicyclic amines) is 1. The fourth-order valence-electron chi connectivity index (χ4n) is 5.50. The van der Waals surface area contributed by atoms with Gasteiger partial charge >= 0.3 is 0 Å². The standard InChI is InChI=1S/C27H33N3O/c1-2-30-19-22(24-11-5-6-13-26(24)30)18-29-16-14-21(15-17-29)27(31)28-25-12-7-9-20-8-3-4-10-23(20)25/h3-6,8,10-11,13,19,21,25H,2,7,9,12,14-18H2,1H3,(H,28,31)/t25-/m0/s1. The molecule has 1 N–H and O–H groups in total. The molecule has 1 saturated heterocycles. The van der Waals surface area contributed by atoms with Crippen molar-refractivity contribution in [3.8, 4) is 0 Å². The summed E-state index contributed by atoms with van der Waals surface area (Å²) in [7, 11) is 0. The van der Waals surface area contributed by atoms with Gasteiger partial charge in [0, 0.05) is 36.1 Å². The lowest BCUT2D eigenvalue weighted by molar-refractivity contribution is -0.127. The summed E-state index contributed by atoms with van der Waals surface area (Å²) >= 11 is 0. The third-order valence-electron chi connectivity index (χ3n) is 7.25. The summed E-state index contributed by atoms with van der Waals surface area (Å²) in [4.78, 5) is 15.5. The number of carbonyl (C=O) groups excluding carboxylic acids is 1. The SMILES string of the molecule is CCn1cc(CN2CCC(C(=O)N[C@H]3CCCc4ccccc43)CC2)c2ccccc21. The number of rotatable bonds is 5. The fraction of sp³-hybridized carbons (Fsp3) is 0.444. The van der Waals surface area contributed by atoms with E-state index in [1.165, 1.54) is 27.6 Å². The molecule has 4 heteroatoms. The van der Waals surface area contributed by atoms with E-state index < -0.39 is 0 Å². The van der Waals surface area contributed by atoms with Gasteiger partial charge in [-0.3, -0.25) is 9.69 Å². The molecule has 31 heavy (non-hydrogen) atoms. The molecule has 2 aliphatic rings. The Hall–Kier alpha value is -2.59. The van der Waals surface area contributed by atoms with E-state index in [1.807, 2.05) is 0 Å². The number of amides is 1. The van der Waals surface area contributed by atoms with Crippen molar-refractivity contribution in [2.75, 3.05) is 13.1 Å². The second kappa shape index (κ2) is 8.88. The number of benzene rings is 2. The molecule has 2 heterocycles. The predicted octanol–water partition coefficient (Wildman–Crippen LogP) is 5.07. The van der Waals surface area contributed by atoms with Gasteiger partial charge in [-0.2, -0.15) is 0 Å². The number of para-hydroxylation sites is 1. The fourth-order valence-corrected chi connectivity index (χ4v) is 5.50. The van der Waals surface area contributed by atoms with Crippen molar-refractivity contribution < 1.29 is 4.79 Å². The summed E-state index contributed by atoms with van der Waals surface area (Å²) in [5.74, 6) is 0.395. The average Bonchev–Trinajstić information content (AvgIpc) is 3.17. The molecule has 0 spiro atoms. The number of aryl methyl sites for hydroxylation is 2. The number of fused-ring (bicyclic) bond motifs is 2. The van der Waals surface area contributed by atoms with Gasteiger partial charge in [0.25, 0.3) is 0 Å². The van der Waals surface area contributed by atoms with Crippen LogP contribution in [-0.4, -0.2) is 28.5 Å². The molecule has 1 aromatic heterocycles. The second-order valence-corrected chi connectivity index (χ2v) is 9.16. The summed E-state index contributed by atoms with van der Waals surface area (Å²) in [6.45, 7) is 6.14. The maximum Gasteiger partial charge on any atom is 0.223 e. The van der Waals surface area contributed by atoms with Gasteiger partial charge in [-0.05, 0) is 74.9 Å². The van der Waals surface area contributed by atoms with Crippen molar-refractivity contribution in [2.24, 2.45) is 5.92 Å². The van der Waals surface area contributed by atoms with Gasteiger partial charge in [0.05, 0.1) is 6.04 Å². The molecule has 4 nitrogen and oxygen atoms in total. The molecular weight excluding hydrogens is 382 g/mol. The first kappa shape index (κ1) is 20.3. The summed E-state index contributed by atoms with van der Waals surface area (Å²) < 4.78 is 2.34. The Morgan fingerprint density at radius 1 is 1.03 bits per heavy atom. The van der Waals surface area contributed by atoms with Crippen LogP contribution in [0, 0.1) is 5.92 Å². The number of hydrogen-bond acceptors (Lipinski definition) is 2. The Morgan fingerprint density at radius 3 is 2.65 bits per heavy atom. The number of carbonyl (C=O) groups is 1. The number of nitrogens with one attached hydrogen (secondary N) is 1. The molecule has 1 amide bonds. The Kier molecular flexibility index (Phi) is 5.82. The zero-order valence-corrected chi connectivity index (χ0v) is 18.5. The highest BCUT2D eigenvalue weighted by atomic mass is 16.1. The maximum absolute atomic E-state index is 13.0. The zero-order chi connectivity index (χ0) is 21.2. The Balaban J connectivity index is 1.19. The third kappa shape index (κ3) is 4.14. The van der Waals surface area contributed by atoms with Crippen LogP contribution in [-0.2, 0) is 24.3 Å². The Morgan fingerprint density at radius 2 is 1.81 bits per heavy atom. The van der Waals surface area contributed by atoms with Crippen LogP contribution in [0.1, 0.15) is 55.3 Å². The quantitative estimate of drug-likeness (QED) is 0.632. The minimum absolute atomic E-state index is 0.141. The number of nitrogens with zero attached hydrogens (tertiary/aromatic N) is 2. The van der Waals surface area contributed by atoms with Crippen molar-refractivity contribution in [3.05, 3.63) is 71.4 Å². The van der Waals surface area contributed by atoms with Crippen LogP contribution in [0.25, 0.3) is 10.9 Å². The smallest absolute Gasteiger partial charge is 0.223 e. The molecule has 0 saturated carbocycles. The Bertz CT molecular complexity index is 1060. The lowest BCUT2D eigenvalue weighted by Gasteiger charge is -2.33. The molecule has 0 unspecified atom stereocenters. The van der Waals surface area contributed by atoms with Gasteiger partial charge < -0.3 is 9.88 Å². The first-order valence-corrected chi connectivity index (χ1v) is 11.9. The summed E-state index contributed by atoms with van der Waals surface area (Å²) in [6, 6.07) is 17.5. The van der Waals surface area contributed by atoms with Crippen molar-refractivity contribution >= 4 is 16.8 Å². The van der Waals surface area contributed by atoms with E-state index in [9.17, 15) is 4.79 Å². The van der Waals surface area contributed by atoms with Gasteiger partial charge in [-0.1, -0.05) is 42.5 Å². The van der Waals surface area contributed by atoms with Crippen molar-refractivity contribution in [1.29, 1.82) is 0 Å². The topological polar surface area (TPSA) is 37.3 Å². The first-order valence-electron chi connectivity index (χ1n) is 11.9. The van der Waals surface area contributed by atoms with Crippen LogP contribution in [0.15, 0.2) is 54.7 Å². The molecule has 1 atom stereocenters. The van der Waals surface area contributed by atoms with Crippen LogP contribution in [0.4, 0.5) is 0 Å². The predicted molar refractivity (Wildman–Crippen MR) is 126 cm³/mol. The normalized spacial score (nSPS) is 20.0. The monoisotopic (exact) mass is 415 g/mol. The van der Waals surface area contributed by atoms with Gasteiger partial charge in [-0.25, -0.2) is 0 Å². The number of aromatic nitrogens is 1. The van der Waals surface area contributed by atoms with Crippen LogP contribution >= 0.6 is 0 Å². The lowest BCUT2D eigenvalue weighted by Crippen LogP contribution is -2.41. The van der Waals surface area contributed by atoms with E-state index in [1.54, 1.807) is 0 Å². The third-order valence-corrected chi connectivity index (χ3v) is 7.25. The molecule has 1 aliphatic heterocycles. The first-order chi connectivity index (χ1) is 15.2. The molecule has 162 valence electrons. The second-order valence-electron chi connectivity index (χ2n) is 9.16. The van der Waals surface area contributed by atoms with Crippen molar-refractivity contribution in [2.45, 2.75) is 58.2 Å². The van der Waals surface area contributed by atoms with Gasteiger partial charge in [0.2, 0.25) is 5.91 Å². The molecule has 0 radical (unpaired) electrons. The number of piperidine rings is 1. The lowest BCUT2D eigenvalue weighted by atomic mass is 9.87. The molecule has 2 aromatic carbocycles. The number of hydrogen-bond donors (Lipinski definition) is 1. The highest BCUT2D eigenvalue weighted by Crippen LogP contribution is 2.31. The zero-order valence-electron chi connectivity index (χ0n) is 18.5. The summed E-state index contributed by atoms with van der Waals surface area (Å²) in [5, 5.41) is 4.74. The highest BCUT2D eigenvalue weighted by Gasteiger charge is 2.28. The highest BCUT2D eigenvalue weighted by molar-refractivity contribution is 5.84.